The van der Waals surface area contributed by atoms with Gasteiger partial charge in [0.05, 0.1) is 5.69 Å². The lowest BCUT2D eigenvalue weighted by atomic mass is 9.91. The van der Waals surface area contributed by atoms with Crippen LogP contribution in [0.1, 0.15) is 25.8 Å². The second-order valence-electron chi connectivity index (χ2n) is 6.21. The summed E-state index contributed by atoms with van der Waals surface area (Å²) < 4.78 is 5.86. The molecule has 2 aliphatic rings. The molecule has 3 rings (SSSR count). The van der Waals surface area contributed by atoms with Crippen molar-refractivity contribution in [3.63, 3.8) is 0 Å². The van der Waals surface area contributed by atoms with Crippen molar-refractivity contribution in [2.45, 2.75) is 26.8 Å². The van der Waals surface area contributed by atoms with Crippen LogP contribution in [0, 0.1) is 11.8 Å². The van der Waals surface area contributed by atoms with Gasteiger partial charge in [0.1, 0.15) is 12.4 Å². The van der Waals surface area contributed by atoms with E-state index in [0.717, 1.165) is 43.0 Å². The van der Waals surface area contributed by atoms with Crippen molar-refractivity contribution in [1.29, 1.82) is 0 Å². The molecular formula is C16H24N2O. The molecule has 0 amide bonds. The Morgan fingerprint density at radius 3 is 2.84 bits per heavy atom. The number of nitrogens with zero attached hydrogens (tertiary/aromatic N) is 1. The Morgan fingerprint density at radius 2 is 2.05 bits per heavy atom. The summed E-state index contributed by atoms with van der Waals surface area (Å²) in [6, 6.07) is 6.45. The lowest BCUT2D eigenvalue weighted by molar-refractivity contribution is 0.133. The van der Waals surface area contributed by atoms with Crippen LogP contribution in [0.4, 0.5) is 5.69 Å². The summed E-state index contributed by atoms with van der Waals surface area (Å²) in [5.41, 5.74) is 2.48. The van der Waals surface area contributed by atoms with Crippen LogP contribution >= 0.6 is 0 Å². The number of likely N-dealkylation sites (tertiary alicyclic amines) is 1. The Bertz CT molecular complexity index is 436. The summed E-state index contributed by atoms with van der Waals surface area (Å²) in [5.74, 6) is 2.68. The third-order valence-electron chi connectivity index (χ3n) is 4.10. The molecule has 19 heavy (non-hydrogen) atoms. The van der Waals surface area contributed by atoms with Crippen LogP contribution in [0.5, 0.6) is 5.75 Å². The summed E-state index contributed by atoms with van der Waals surface area (Å²) in [4.78, 5) is 2.58. The zero-order valence-corrected chi connectivity index (χ0v) is 12.0. The number of hydrogen-bond donors (Lipinski definition) is 1. The van der Waals surface area contributed by atoms with Crippen molar-refractivity contribution in [1.82, 2.24) is 4.90 Å². The first kappa shape index (κ1) is 12.8. The molecular weight excluding hydrogens is 236 g/mol. The predicted octanol–water partition coefficient (Wildman–Crippen LogP) is 2.97. The molecule has 0 bridgehead atoms. The number of piperidine rings is 1. The first-order valence-corrected chi connectivity index (χ1v) is 7.43. The van der Waals surface area contributed by atoms with Gasteiger partial charge in [-0.05, 0) is 24.3 Å². The first-order chi connectivity index (χ1) is 9.22. The average Bonchev–Trinajstić information content (AvgIpc) is 2.38. The fraction of sp³-hybridized carbons (Fsp3) is 0.625. The standard InChI is InChI=1S/C16H24N2O/c1-12-8-13(2)10-18(9-12)11-14-4-3-5-15-16(14)19-7-6-17-15/h3-5,12-13,17H,6-11H2,1-2H3. The second-order valence-corrected chi connectivity index (χ2v) is 6.21. The maximum absolute atomic E-state index is 5.86. The molecule has 1 saturated heterocycles. The lowest BCUT2D eigenvalue weighted by Gasteiger charge is -2.35. The summed E-state index contributed by atoms with van der Waals surface area (Å²) in [5, 5.41) is 3.41. The molecule has 2 unspecified atom stereocenters. The predicted molar refractivity (Wildman–Crippen MR) is 78.6 cm³/mol. The van der Waals surface area contributed by atoms with E-state index in [-0.39, 0.29) is 0 Å². The Balaban J connectivity index is 1.76. The highest BCUT2D eigenvalue weighted by molar-refractivity contribution is 5.61. The monoisotopic (exact) mass is 260 g/mol. The second kappa shape index (κ2) is 5.41. The van der Waals surface area contributed by atoms with Gasteiger partial charge in [-0.15, -0.1) is 0 Å². The largest absolute Gasteiger partial charge is 0.489 e. The average molecular weight is 260 g/mol. The zero-order chi connectivity index (χ0) is 13.2. The Hall–Kier alpha value is -1.22. The maximum Gasteiger partial charge on any atom is 0.146 e. The van der Waals surface area contributed by atoms with Gasteiger partial charge in [0, 0.05) is 31.7 Å². The van der Waals surface area contributed by atoms with E-state index in [1.165, 1.54) is 25.1 Å². The Labute approximate surface area is 115 Å². The smallest absolute Gasteiger partial charge is 0.146 e. The molecule has 0 saturated carbocycles. The fourth-order valence-electron chi connectivity index (χ4n) is 3.52. The number of benzene rings is 1. The van der Waals surface area contributed by atoms with E-state index in [1.807, 2.05) is 0 Å². The Morgan fingerprint density at radius 1 is 1.26 bits per heavy atom. The molecule has 2 aliphatic heterocycles. The third kappa shape index (κ3) is 2.86. The molecule has 1 aromatic rings. The molecule has 0 spiro atoms. The summed E-state index contributed by atoms with van der Waals surface area (Å²) in [6.45, 7) is 9.84. The van der Waals surface area contributed by atoms with Gasteiger partial charge < -0.3 is 10.1 Å². The normalized spacial score (nSPS) is 27.3. The molecule has 0 aromatic heterocycles. The lowest BCUT2D eigenvalue weighted by Crippen LogP contribution is -2.38. The highest BCUT2D eigenvalue weighted by Gasteiger charge is 2.23. The highest BCUT2D eigenvalue weighted by Crippen LogP contribution is 2.33. The van der Waals surface area contributed by atoms with Crippen LogP contribution in [0.25, 0.3) is 0 Å². The summed E-state index contributed by atoms with van der Waals surface area (Å²) in [7, 11) is 0. The van der Waals surface area contributed by atoms with Crippen molar-refractivity contribution in [3.8, 4) is 5.75 Å². The highest BCUT2D eigenvalue weighted by atomic mass is 16.5. The number of rotatable bonds is 2. The quantitative estimate of drug-likeness (QED) is 0.884. The van der Waals surface area contributed by atoms with E-state index in [0.29, 0.717) is 0 Å². The fourth-order valence-corrected chi connectivity index (χ4v) is 3.52. The molecule has 2 atom stereocenters. The molecule has 1 aromatic carbocycles. The Kier molecular flexibility index (Phi) is 3.65. The van der Waals surface area contributed by atoms with Crippen molar-refractivity contribution in [3.05, 3.63) is 23.8 Å². The van der Waals surface area contributed by atoms with Crippen LogP contribution in [-0.4, -0.2) is 31.1 Å². The van der Waals surface area contributed by atoms with Crippen molar-refractivity contribution >= 4 is 5.69 Å². The van der Waals surface area contributed by atoms with Crippen LogP contribution in [0.2, 0.25) is 0 Å². The van der Waals surface area contributed by atoms with Gasteiger partial charge >= 0.3 is 0 Å². The molecule has 2 heterocycles. The van der Waals surface area contributed by atoms with Crippen molar-refractivity contribution in [2.75, 3.05) is 31.6 Å². The van der Waals surface area contributed by atoms with Gasteiger partial charge in [0.25, 0.3) is 0 Å². The van der Waals surface area contributed by atoms with Gasteiger partial charge in [-0.1, -0.05) is 26.0 Å². The van der Waals surface area contributed by atoms with Gasteiger partial charge in [-0.3, -0.25) is 4.90 Å². The minimum atomic E-state index is 0.775. The van der Waals surface area contributed by atoms with Gasteiger partial charge in [0.15, 0.2) is 0 Å². The molecule has 1 fully saturated rings. The number of ether oxygens (including phenoxy) is 1. The zero-order valence-electron chi connectivity index (χ0n) is 12.0. The van der Waals surface area contributed by atoms with Gasteiger partial charge in [-0.25, -0.2) is 0 Å². The summed E-state index contributed by atoms with van der Waals surface area (Å²) >= 11 is 0. The van der Waals surface area contributed by atoms with E-state index in [1.54, 1.807) is 0 Å². The molecule has 1 N–H and O–H groups in total. The van der Waals surface area contributed by atoms with E-state index >= 15 is 0 Å². The number of anilines is 1. The minimum Gasteiger partial charge on any atom is -0.489 e. The van der Waals surface area contributed by atoms with E-state index in [4.69, 9.17) is 4.74 Å². The molecule has 104 valence electrons. The van der Waals surface area contributed by atoms with Crippen LogP contribution in [0.3, 0.4) is 0 Å². The first-order valence-electron chi connectivity index (χ1n) is 7.43. The van der Waals surface area contributed by atoms with Gasteiger partial charge in [-0.2, -0.15) is 0 Å². The van der Waals surface area contributed by atoms with Crippen LogP contribution in [0.15, 0.2) is 18.2 Å². The van der Waals surface area contributed by atoms with Crippen molar-refractivity contribution in [2.24, 2.45) is 11.8 Å². The SMILES string of the molecule is CC1CC(C)CN(Cc2cccc3c2OCCN3)C1. The van der Waals surface area contributed by atoms with E-state index in [9.17, 15) is 0 Å². The topological polar surface area (TPSA) is 24.5 Å². The van der Waals surface area contributed by atoms with Crippen molar-refractivity contribution < 1.29 is 4.74 Å². The van der Waals surface area contributed by atoms with Gasteiger partial charge in [0.2, 0.25) is 0 Å². The maximum atomic E-state index is 5.86. The molecule has 3 nitrogen and oxygen atoms in total. The minimum absolute atomic E-state index is 0.775. The number of nitrogens with one attached hydrogen (secondary N) is 1. The number of hydrogen-bond acceptors (Lipinski definition) is 3. The number of fused-ring (bicyclic) bond motifs is 1. The molecule has 0 radical (unpaired) electrons. The third-order valence-corrected chi connectivity index (χ3v) is 4.10. The van der Waals surface area contributed by atoms with Crippen LogP contribution < -0.4 is 10.1 Å². The van der Waals surface area contributed by atoms with Crippen LogP contribution in [-0.2, 0) is 6.54 Å². The van der Waals surface area contributed by atoms with E-state index < -0.39 is 0 Å². The summed E-state index contributed by atoms with van der Waals surface area (Å²) in [6.07, 6.45) is 1.36. The number of para-hydroxylation sites is 1. The molecule has 3 heteroatoms. The molecule has 0 aliphatic carbocycles. The van der Waals surface area contributed by atoms with E-state index in [2.05, 4.69) is 42.3 Å².